The summed E-state index contributed by atoms with van der Waals surface area (Å²) in [4.78, 5) is 3.73. The standard InChI is InChI=1S/C14H13BrF2N2/c1-2-19-14(12-3-4-18-8-13(12)17)9-5-10(15)7-11(16)6-9/h3-8,14,19H,2H2,1H3. The van der Waals surface area contributed by atoms with Gasteiger partial charge in [0.05, 0.1) is 12.2 Å². The highest BCUT2D eigenvalue weighted by Gasteiger charge is 2.18. The van der Waals surface area contributed by atoms with Crippen molar-refractivity contribution in [1.29, 1.82) is 0 Å². The molecule has 1 unspecified atom stereocenters. The van der Waals surface area contributed by atoms with E-state index in [1.807, 2.05) is 6.92 Å². The van der Waals surface area contributed by atoms with Crippen molar-refractivity contribution < 1.29 is 8.78 Å². The smallest absolute Gasteiger partial charge is 0.146 e. The molecule has 0 aliphatic rings. The van der Waals surface area contributed by atoms with Gasteiger partial charge in [-0.15, -0.1) is 0 Å². The Balaban J connectivity index is 2.48. The molecule has 1 N–H and O–H groups in total. The molecule has 0 amide bonds. The van der Waals surface area contributed by atoms with E-state index in [0.29, 0.717) is 22.1 Å². The van der Waals surface area contributed by atoms with Gasteiger partial charge in [0.1, 0.15) is 11.6 Å². The Kier molecular flexibility index (Phi) is 4.61. The first-order valence-corrected chi connectivity index (χ1v) is 6.70. The number of hydrogen-bond donors (Lipinski definition) is 1. The number of halogens is 3. The van der Waals surface area contributed by atoms with Gasteiger partial charge in [0.15, 0.2) is 0 Å². The molecule has 0 fully saturated rings. The SMILES string of the molecule is CCNC(c1cc(F)cc(Br)c1)c1ccncc1F. The summed E-state index contributed by atoms with van der Waals surface area (Å²) in [5.74, 6) is -0.768. The first-order chi connectivity index (χ1) is 9.11. The lowest BCUT2D eigenvalue weighted by atomic mass is 9.99. The maximum absolute atomic E-state index is 13.8. The molecule has 0 aliphatic heterocycles. The molecule has 0 saturated heterocycles. The van der Waals surface area contributed by atoms with Crippen LogP contribution in [0.1, 0.15) is 24.1 Å². The van der Waals surface area contributed by atoms with Crippen molar-refractivity contribution in [2.75, 3.05) is 6.54 Å². The summed E-state index contributed by atoms with van der Waals surface area (Å²) in [6.07, 6.45) is 2.69. The fourth-order valence-corrected chi connectivity index (χ4v) is 2.46. The Labute approximate surface area is 119 Å². The van der Waals surface area contributed by atoms with Crippen molar-refractivity contribution >= 4 is 15.9 Å². The Morgan fingerprint density at radius 1 is 1.32 bits per heavy atom. The van der Waals surface area contributed by atoms with E-state index >= 15 is 0 Å². The van der Waals surface area contributed by atoms with Crippen LogP contribution in [0.4, 0.5) is 8.78 Å². The molecule has 1 heterocycles. The summed E-state index contributed by atoms with van der Waals surface area (Å²) < 4.78 is 27.9. The molecule has 5 heteroatoms. The average Bonchev–Trinajstić information content (AvgIpc) is 2.36. The molecule has 0 aliphatic carbocycles. The third kappa shape index (κ3) is 3.36. The number of benzene rings is 1. The van der Waals surface area contributed by atoms with Gasteiger partial charge in [-0.3, -0.25) is 4.98 Å². The van der Waals surface area contributed by atoms with Gasteiger partial charge in [-0.1, -0.05) is 22.9 Å². The maximum atomic E-state index is 13.8. The number of pyridine rings is 1. The van der Waals surface area contributed by atoms with Crippen molar-refractivity contribution in [1.82, 2.24) is 10.3 Å². The van der Waals surface area contributed by atoms with Crippen LogP contribution in [0.15, 0.2) is 41.1 Å². The Morgan fingerprint density at radius 3 is 2.74 bits per heavy atom. The lowest BCUT2D eigenvalue weighted by molar-refractivity contribution is 0.550. The van der Waals surface area contributed by atoms with E-state index < -0.39 is 11.9 Å². The number of nitrogens with one attached hydrogen (secondary N) is 1. The summed E-state index contributed by atoms with van der Waals surface area (Å²) in [6.45, 7) is 2.56. The molecule has 1 aromatic heterocycles. The van der Waals surface area contributed by atoms with Crippen LogP contribution in [0, 0.1) is 11.6 Å². The second-order valence-electron chi connectivity index (χ2n) is 4.09. The number of nitrogens with zero attached hydrogens (tertiary/aromatic N) is 1. The van der Waals surface area contributed by atoms with E-state index in [0.717, 1.165) is 6.20 Å². The van der Waals surface area contributed by atoms with Crippen molar-refractivity contribution in [2.24, 2.45) is 0 Å². The topological polar surface area (TPSA) is 24.9 Å². The van der Waals surface area contributed by atoms with E-state index in [-0.39, 0.29) is 5.82 Å². The molecular weight excluding hydrogens is 314 g/mol. The molecule has 2 aromatic rings. The van der Waals surface area contributed by atoms with Crippen LogP contribution in [-0.4, -0.2) is 11.5 Å². The molecule has 0 bridgehead atoms. The summed E-state index contributed by atoms with van der Waals surface area (Å²) >= 11 is 3.25. The average molecular weight is 327 g/mol. The number of rotatable bonds is 4. The number of aromatic nitrogens is 1. The van der Waals surface area contributed by atoms with Crippen LogP contribution >= 0.6 is 15.9 Å². The highest BCUT2D eigenvalue weighted by Crippen LogP contribution is 2.27. The van der Waals surface area contributed by atoms with Gasteiger partial charge in [0.25, 0.3) is 0 Å². The monoisotopic (exact) mass is 326 g/mol. The van der Waals surface area contributed by atoms with Gasteiger partial charge in [-0.2, -0.15) is 0 Å². The van der Waals surface area contributed by atoms with E-state index in [1.54, 1.807) is 12.1 Å². The minimum atomic E-state index is -0.408. The summed E-state index contributed by atoms with van der Waals surface area (Å²) in [6, 6.07) is 5.74. The highest BCUT2D eigenvalue weighted by atomic mass is 79.9. The molecule has 19 heavy (non-hydrogen) atoms. The molecular formula is C14H13BrF2N2. The molecule has 1 atom stereocenters. The summed E-state index contributed by atoms with van der Waals surface area (Å²) in [5.41, 5.74) is 1.12. The van der Waals surface area contributed by atoms with Crippen LogP contribution < -0.4 is 5.32 Å². The molecule has 0 spiro atoms. The van der Waals surface area contributed by atoms with E-state index in [2.05, 4.69) is 26.2 Å². The minimum Gasteiger partial charge on any atom is -0.306 e. The van der Waals surface area contributed by atoms with Crippen LogP contribution in [0.3, 0.4) is 0 Å². The second-order valence-corrected chi connectivity index (χ2v) is 5.01. The van der Waals surface area contributed by atoms with Gasteiger partial charge < -0.3 is 5.32 Å². The Morgan fingerprint density at radius 2 is 2.11 bits per heavy atom. The van der Waals surface area contributed by atoms with E-state index in [1.165, 1.54) is 18.3 Å². The zero-order valence-electron chi connectivity index (χ0n) is 10.3. The third-order valence-electron chi connectivity index (χ3n) is 2.74. The van der Waals surface area contributed by atoms with Crippen LogP contribution in [0.5, 0.6) is 0 Å². The fraction of sp³-hybridized carbons (Fsp3) is 0.214. The first-order valence-electron chi connectivity index (χ1n) is 5.90. The highest BCUT2D eigenvalue weighted by molar-refractivity contribution is 9.10. The zero-order chi connectivity index (χ0) is 13.8. The van der Waals surface area contributed by atoms with Crippen LogP contribution in [-0.2, 0) is 0 Å². The van der Waals surface area contributed by atoms with Gasteiger partial charge in [0.2, 0.25) is 0 Å². The van der Waals surface area contributed by atoms with Crippen molar-refractivity contribution in [2.45, 2.75) is 13.0 Å². The molecule has 1 aromatic carbocycles. The predicted octanol–water partition coefficient (Wildman–Crippen LogP) is 3.82. The molecule has 0 saturated carbocycles. The van der Waals surface area contributed by atoms with E-state index in [4.69, 9.17) is 0 Å². The lowest BCUT2D eigenvalue weighted by Gasteiger charge is -2.19. The van der Waals surface area contributed by atoms with Gasteiger partial charge in [-0.25, -0.2) is 8.78 Å². The molecule has 0 radical (unpaired) electrons. The van der Waals surface area contributed by atoms with E-state index in [9.17, 15) is 8.78 Å². The molecule has 100 valence electrons. The number of hydrogen-bond acceptors (Lipinski definition) is 2. The third-order valence-corrected chi connectivity index (χ3v) is 3.20. The van der Waals surface area contributed by atoms with Gasteiger partial charge in [0, 0.05) is 16.2 Å². The van der Waals surface area contributed by atoms with Crippen LogP contribution in [0.25, 0.3) is 0 Å². The van der Waals surface area contributed by atoms with Gasteiger partial charge >= 0.3 is 0 Å². The van der Waals surface area contributed by atoms with Gasteiger partial charge in [-0.05, 0) is 36.4 Å². The van der Waals surface area contributed by atoms with Crippen molar-refractivity contribution in [3.8, 4) is 0 Å². The molecule has 2 rings (SSSR count). The second kappa shape index (κ2) is 6.21. The summed E-state index contributed by atoms with van der Waals surface area (Å²) in [7, 11) is 0. The van der Waals surface area contributed by atoms with Crippen molar-refractivity contribution in [3.05, 3.63) is 63.9 Å². The van der Waals surface area contributed by atoms with Crippen LogP contribution in [0.2, 0.25) is 0 Å². The first kappa shape index (κ1) is 14.1. The fourth-order valence-electron chi connectivity index (χ4n) is 1.97. The molecule has 2 nitrogen and oxygen atoms in total. The maximum Gasteiger partial charge on any atom is 0.146 e. The predicted molar refractivity (Wildman–Crippen MR) is 73.8 cm³/mol. The quantitative estimate of drug-likeness (QED) is 0.923. The van der Waals surface area contributed by atoms with Crippen molar-refractivity contribution in [3.63, 3.8) is 0 Å². The lowest BCUT2D eigenvalue weighted by Crippen LogP contribution is -2.23. The Hall–Kier alpha value is -1.33. The largest absolute Gasteiger partial charge is 0.306 e. The Bertz CT molecular complexity index is 555. The minimum absolute atomic E-state index is 0.359. The summed E-state index contributed by atoms with van der Waals surface area (Å²) in [5, 5.41) is 3.16. The zero-order valence-corrected chi connectivity index (χ0v) is 11.9. The normalized spacial score (nSPS) is 12.4.